The highest BCUT2D eigenvalue weighted by Crippen LogP contribution is 2.42. The first-order chi connectivity index (χ1) is 17.6. The number of nitriles is 1. The van der Waals surface area contributed by atoms with Crippen molar-refractivity contribution in [1.82, 2.24) is 0 Å². The lowest BCUT2D eigenvalue weighted by Crippen LogP contribution is -2.27. The molecule has 0 unspecified atom stereocenters. The van der Waals surface area contributed by atoms with Crippen LogP contribution in [0, 0.1) is 40.8 Å². The summed E-state index contributed by atoms with van der Waals surface area (Å²) in [4.78, 5) is 12.4. The van der Waals surface area contributed by atoms with Crippen LogP contribution in [0.1, 0.15) is 93.5 Å². The second-order valence-corrected chi connectivity index (χ2v) is 10.7. The molecule has 36 heavy (non-hydrogen) atoms. The van der Waals surface area contributed by atoms with Crippen LogP contribution in [0.4, 0.5) is 4.39 Å². The summed E-state index contributed by atoms with van der Waals surface area (Å²) in [6.07, 6.45) is 15.1. The summed E-state index contributed by atoms with van der Waals surface area (Å²) in [7, 11) is 0. The van der Waals surface area contributed by atoms with E-state index in [0.29, 0.717) is 18.1 Å². The molecule has 0 aliphatic heterocycles. The van der Waals surface area contributed by atoms with E-state index in [0.717, 1.165) is 29.6 Å². The first kappa shape index (κ1) is 26.2. The number of hydrogen-bond donors (Lipinski definition) is 0. The molecule has 4 nitrogen and oxygen atoms in total. The normalized spacial score (nSPS) is 24.0. The average molecular weight is 492 g/mol. The zero-order chi connectivity index (χ0) is 25.3. The molecule has 0 atom stereocenters. The molecule has 0 bridgehead atoms. The van der Waals surface area contributed by atoms with Crippen LogP contribution in [-0.2, 0) is 0 Å². The molecule has 2 aromatic rings. The number of rotatable bonds is 9. The van der Waals surface area contributed by atoms with Gasteiger partial charge >= 0.3 is 5.97 Å². The second kappa shape index (κ2) is 12.9. The Bertz CT molecular complexity index is 1030. The largest absolute Gasteiger partial charge is 0.493 e. The van der Waals surface area contributed by atoms with E-state index in [1.54, 1.807) is 30.3 Å². The maximum Gasteiger partial charge on any atom is 0.343 e. The Morgan fingerprint density at radius 1 is 0.917 bits per heavy atom. The molecule has 0 spiro atoms. The molecule has 0 saturated heterocycles. The lowest BCUT2D eigenvalue weighted by molar-refractivity contribution is 0.0734. The van der Waals surface area contributed by atoms with Gasteiger partial charge in [0.05, 0.1) is 17.7 Å². The van der Waals surface area contributed by atoms with Crippen molar-refractivity contribution in [2.45, 2.75) is 77.6 Å². The van der Waals surface area contributed by atoms with Crippen LogP contribution in [0.5, 0.6) is 11.5 Å². The fourth-order valence-electron chi connectivity index (χ4n) is 5.98. The van der Waals surface area contributed by atoms with Crippen LogP contribution in [0.3, 0.4) is 0 Å². The highest BCUT2D eigenvalue weighted by molar-refractivity contribution is 5.91. The van der Waals surface area contributed by atoms with Gasteiger partial charge in [-0.15, -0.1) is 0 Å². The van der Waals surface area contributed by atoms with E-state index in [1.165, 1.54) is 82.8 Å². The fourth-order valence-corrected chi connectivity index (χ4v) is 5.98. The molecule has 5 heteroatoms. The van der Waals surface area contributed by atoms with E-state index in [1.807, 2.05) is 0 Å². The number of esters is 1. The van der Waals surface area contributed by atoms with Gasteiger partial charge in [0.25, 0.3) is 0 Å². The average Bonchev–Trinajstić information content (AvgIpc) is 2.92. The van der Waals surface area contributed by atoms with E-state index in [9.17, 15) is 9.18 Å². The summed E-state index contributed by atoms with van der Waals surface area (Å²) in [5.74, 6) is 2.94. The summed E-state index contributed by atoms with van der Waals surface area (Å²) in [5.41, 5.74) is 0.270. The van der Waals surface area contributed by atoms with Crippen LogP contribution < -0.4 is 9.47 Å². The topological polar surface area (TPSA) is 59.3 Å². The molecule has 2 aromatic carbocycles. The van der Waals surface area contributed by atoms with Gasteiger partial charge in [-0.2, -0.15) is 5.26 Å². The van der Waals surface area contributed by atoms with E-state index in [-0.39, 0.29) is 11.3 Å². The molecule has 2 aliphatic rings. The van der Waals surface area contributed by atoms with Gasteiger partial charge in [-0.25, -0.2) is 9.18 Å². The first-order valence-electron chi connectivity index (χ1n) is 13.7. The van der Waals surface area contributed by atoms with Gasteiger partial charge in [0.2, 0.25) is 0 Å². The van der Waals surface area contributed by atoms with Gasteiger partial charge in [-0.1, -0.05) is 39.0 Å². The molecule has 0 amide bonds. The maximum absolute atomic E-state index is 13.7. The molecule has 2 fully saturated rings. The number of nitrogens with zero attached hydrogens (tertiary/aromatic N) is 1. The number of carbonyl (C=O) groups is 1. The predicted molar refractivity (Wildman–Crippen MR) is 138 cm³/mol. The van der Waals surface area contributed by atoms with Crippen LogP contribution in [-0.4, -0.2) is 12.6 Å². The Morgan fingerprint density at radius 3 is 2.11 bits per heavy atom. The minimum absolute atomic E-state index is 0.0666. The quantitative estimate of drug-likeness (QED) is 0.263. The van der Waals surface area contributed by atoms with Crippen molar-refractivity contribution < 1.29 is 18.7 Å². The summed E-state index contributed by atoms with van der Waals surface area (Å²) in [6.45, 7) is 3.01. The maximum atomic E-state index is 13.7. The van der Waals surface area contributed by atoms with Crippen molar-refractivity contribution in [3.05, 3.63) is 59.4 Å². The smallest absolute Gasteiger partial charge is 0.343 e. The van der Waals surface area contributed by atoms with Gasteiger partial charge in [0.15, 0.2) is 0 Å². The minimum Gasteiger partial charge on any atom is -0.493 e. The molecule has 0 N–H and O–H groups in total. The lowest BCUT2D eigenvalue weighted by Gasteiger charge is -2.37. The predicted octanol–water partition coefficient (Wildman–Crippen LogP) is 8.10. The summed E-state index contributed by atoms with van der Waals surface area (Å²) in [6, 6.07) is 12.4. The number of hydrogen-bond acceptors (Lipinski definition) is 4. The van der Waals surface area contributed by atoms with Crippen LogP contribution in [0.25, 0.3) is 0 Å². The van der Waals surface area contributed by atoms with Gasteiger partial charge < -0.3 is 9.47 Å². The Balaban J connectivity index is 1.17. The molecule has 0 heterocycles. The summed E-state index contributed by atoms with van der Waals surface area (Å²) in [5, 5.41) is 8.81. The van der Waals surface area contributed by atoms with E-state index < -0.39 is 11.8 Å². The third kappa shape index (κ3) is 7.09. The molecule has 192 valence electrons. The van der Waals surface area contributed by atoms with Crippen LogP contribution >= 0.6 is 0 Å². The standard InChI is InChI=1S/C31H38FNO3/c1-2-3-4-22-5-9-24(10-6-22)25-11-7-23(8-12-25)21-35-28-16-13-26(14-17-28)31(34)36-29-18-15-27(20-33)30(32)19-29/h13-19,22-25H,2-12,21H2,1H3/t22-,23-,24-,25-. The number of benzene rings is 2. The van der Waals surface area contributed by atoms with Crippen molar-refractivity contribution in [1.29, 1.82) is 5.26 Å². The zero-order valence-corrected chi connectivity index (χ0v) is 21.4. The van der Waals surface area contributed by atoms with Crippen molar-refractivity contribution in [2.75, 3.05) is 6.61 Å². The van der Waals surface area contributed by atoms with Crippen molar-refractivity contribution in [3.63, 3.8) is 0 Å². The molecular formula is C31H38FNO3. The molecule has 0 radical (unpaired) electrons. The monoisotopic (exact) mass is 491 g/mol. The molecule has 2 aliphatic carbocycles. The number of halogens is 1. The Morgan fingerprint density at radius 2 is 1.53 bits per heavy atom. The van der Waals surface area contributed by atoms with E-state index in [4.69, 9.17) is 14.7 Å². The van der Waals surface area contributed by atoms with Gasteiger partial charge in [0, 0.05) is 6.07 Å². The molecule has 0 aromatic heterocycles. The lowest BCUT2D eigenvalue weighted by atomic mass is 9.69. The Hall–Kier alpha value is -2.87. The third-order valence-corrected chi connectivity index (χ3v) is 8.26. The second-order valence-electron chi connectivity index (χ2n) is 10.7. The molecular weight excluding hydrogens is 453 g/mol. The van der Waals surface area contributed by atoms with Crippen molar-refractivity contribution >= 4 is 5.97 Å². The summed E-state index contributed by atoms with van der Waals surface area (Å²) < 4.78 is 25.0. The first-order valence-corrected chi connectivity index (χ1v) is 13.7. The highest BCUT2D eigenvalue weighted by atomic mass is 19.1. The van der Waals surface area contributed by atoms with Crippen LogP contribution in [0.15, 0.2) is 42.5 Å². The summed E-state index contributed by atoms with van der Waals surface area (Å²) >= 11 is 0. The number of ether oxygens (including phenoxy) is 2. The Labute approximate surface area is 214 Å². The van der Waals surface area contributed by atoms with E-state index in [2.05, 4.69) is 6.92 Å². The molecule has 2 saturated carbocycles. The Kier molecular flexibility index (Phi) is 9.39. The number of carbonyl (C=O) groups excluding carboxylic acids is 1. The molecule has 4 rings (SSSR count). The SMILES string of the molecule is CCCC[C@H]1CC[C@H]([C@H]2CC[C@H](COc3ccc(C(=O)Oc4ccc(C#N)c(F)c4)cc3)CC2)CC1. The van der Waals surface area contributed by atoms with Crippen LogP contribution in [0.2, 0.25) is 0 Å². The van der Waals surface area contributed by atoms with E-state index >= 15 is 0 Å². The van der Waals surface area contributed by atoms with Gasteiger partial charge in [-0.05, 0) is 98.6 Å². The van der Waals surface area contributed by atoms with Gasteiger partial charge in [0.1, 0.15) is 23.4 Å². The van der Waals surface area contributed by atoms with Crippen molar-refractivity contribution in [2.24, 2.45) is 23.7 Å². The van der Waals surface area contributed by atoms with Gasteiger partial charge in [-0.3, -0.25) is 0 Å². The fraction of sp³-hybridized carbons (Fsp3) is 0.548. The highest BCUT2D eigenvalue weighted by Gasteiger charge is 2.30. The number of unbranched alkanes of at least 4 members (excludes halogenated alkanes) is 1. The zero-order valence-electron chi connectivity index (χ0n) is 21.4. The minimum atomic E-state index is -0.713. The van der Waals surface area contributed by atoms with Crippen molar-refractivity contribution in [3.8, 4) is 17.6 Å². The third-order valence-electron chi connectivity index (χ3n) is 8.26.